The first kappa shape index (κ1) is 28.8. The summed E-state index contributed by atoms with van der Waals surface area (Å²) < 4.78 is 5.89. The van der Waals surface area contributed by atoms with Gasteiger partial charge in [-0.25, -0.2) is 4.79 Å². The molecule has 3 saturated carbocycles. The first-order valence-corrected chi connectivity index (χ1v) is 14.5. The molecule has 0 aromatic heterocycles. The fourth-order valence-electron chi connectivity index (χ4n) is 9.51. The van der Waals surface area contributed by atoms with Crippen LogP contribution in [0.3, 0.4) is 0 Å². The molecule has 3 aliphatic carbocycles. The molecule has 0 bridgehead atoms. The zero-order valence-electron chi connectivity index (χ0n) is 24.2. The lowest BCUT2D eigenvalue weighted by Crippen LogP contribution is -2.62. The number of hydrogen-bond acceptors (Lipinski definition) is 6. The number of fused-ring (bicyclic) bond motifs is 3. The molecule has 4 rings (SSSR count). The molecule has 0 aromatic rings. The van der Waals surface area contributed by atoms with Gasteiger partial charge in [0, 0.05) is 38.1 Å². The number of rotatable bonds is 7. The lowest BCUT2D eigenvalue weighted by molar-refractivity contribution is -0.155. The van der Waals surface area contributed by atoms with Crippen molar-refractivity contribution >= 4 is 24.4 Å². The monoisotopic (exact) mass is 528 g/mol. The summed E-state index contributed by atoms with van der Waals surface area (Å²) in [6.45, 7) is 14.0. The van der Waals surface area contributed by atoms with Crippen LogP contribution in [0.2, 0.25) is 0 Å². The van der Waals surface area contributed by atoms with Crippen LogP contribution in [-0.4, -0.2) is 60.2 Å². The van der Waals surface area contributed by atoms with Gasteiger partial charge in [0.2, 0.25) is 5.96 Å². The van der Waals surface area contributed by atoms with E-state index in [-0.39, 0.29) is 36.1 Å². The van der Waals surface area contributed by atoms with Gasteiger partial charge in [0.15, 0.2) is 0 Å². The van der Waals surface area contributed by atoms with E-state index in [0.29, 0.717) is 53.8 Å². The Balaban J connectivity index is 1.59. The van der Waals surface area contributed by atoms with Gasteiger partial charge in [-0.15, -0.1) is 5.10 Å². The van der Waals surface area contributed by atoms with Gasteiger partial charge in [-0.2, -0.15) is 5.10 Å². The predicted octanol–water partition coefficient (Wildman–Crippen LogP) is 4.32. The van der Waals surface area contributed by atoms with Crippen LogP contribution < -0.4 is 5.73 Å². The quantitative estimate of drug-likeness (QED) is 0.220. The zero-order valence-corrected chi connectivity index (χ0v) is 24.2. The van der Waals surface area contributed by atoms with Gasteiger partial charge in [-0.1, -0.05) is 33.3 Å². The maximum absolute atomic E-state index is 13.7. The maximum Gasteiger partial charge on any atom is 0.336 e. The Bertz CT molecular complexity index is 1020. The molecule has 9 atom stereocenters. The van der Waals surface area contributed by atoms with Gasteiger partial charge in [-0.05, 0) is 80.5 Å². The lowest BCUT2D eigenvalue weighted by atomic mass is 9.46. The smallest absolute Gasteiger partial charge is 0.336 e. The summed E-state index contributed by atoms with van der Waals surface area (Å²) in [6.07, 6.45) is 7.41. The SMILES string of the molecule is C=N/N=C(/N)N(C)C1CC[C@H]2[C@@H]3CC[C@H]([C@H](C)[C@H]4CC(C)=C(CO)C(=O)O4)[C@@]3(C)CC[C@@H]2[C@@]1(C)C(=O)CC. The van der Waals surface area contributed by atoms with Crippen LogP contribution in [-0.2, 0) is 14.3 Å². The summed E-state index contributed by atoms with van der Waals surface area (Å²) in [6, 6.07) is -0.0145. The largest absolute Gasteiger partial charge is 0.458 e. The topological polar surface area (TPSA) is 118 Å². The molecule has 38 heavy (non-hydrogen) atoms. The number of Topliss-reactive ketones (excluding diaryl/α,β-unsaturated/α-hetero) is 1. The predicted molar refractivity (Wildman–Crippen MR) is 149 cm³/mol. The third-order valence-corrected chi connectivity index (χ3v) is 11.6. The minimum atomic E-state index is -0.500. The van der Waals surface area contributed by atoms with E-state index in [2.05, 4.69) is 37.7 Å². The van der Waals surface area contributed by atoms with E-state index in [9.17, 15) is 14.7 Å². The van der Waals surface area contributed by atoms with Crippen molar-refractivity contribution in [3.05, 3.63) is 11.1 Å². The van der Waals surface area contributed by atoms with E-state index in [1.807, 2.05) is 25.8 Å². The number of hydrogen-bond donors (Lipinski definition) is 2. The molecule has 8 heteroatoms. The number of nitrogens with zero attached hydrogens (tertiary/aromatic N) is 3. The van der Waals surface area contributed by atoms with E-state index >= 15 is 0 Å². The molecule has 3 fully saturated rings. The second-order valence-corrected chi connectivity index (χ2v) is 12.9. The fourth-order valence-corrected chi connectivity index (χ4v) is 9.51. The van der Waals surface area contributed by atoms with Crippen molar-refractivity contribution in [3.63, 3.8) is 0 Å². The first-order chi connectivity index (χ1) is 17.9. The maximum atomic E-state index is 13.7. The Morgan fingerprint density at radius 1 is 1.24 bits per heavy atom. The molecule has 1 unspecified atom stereocenters. The molecule has 1 aliphatic heterocycles. The molecule has 0 radical (unpaired) electrons. The van der Waals surface area contributed by atoms with Crippen LogP contribution in [0.15, 0.2) is 21.3 Å². The summed E-state index contributed by atoms with van der Waals surface area (Å²) in [5, 5.41) is 17.2. The minimum Gasteiger partial charge on any atom is -0.458 e. The molecule has 4 aliphatic rings. The summed E-state index contributed by atoms with van der Waals surface area (Å²) >= 11 is 0. The molecule has 1 heterocycles. The Morgan fingerprint density at radius 2 is 1.95 bits per heavy atom. The van der Waals surface area contributed by atoms with Crippen molar-refractivity contribution in [2.24, 2.45) is 56.4 Å². The summed E-state index contributed by atoms with van der Waals surface area (Å²) in [7, 11) is 1.93. The molecular formula is C30H48N4O4. The van der Waals surface area contributed by atoms with Crippen LogP contribution in [0.25, 0.3) is 0 Å². The van der Waals surface area contributed by atoms with Crippen LogP contribution in [0.5, 0.6) is 0 Å². The second-order valence-electron chi connectivity index (χ2n) is 12.9. The van der Waals surface area contributed by atoms with Gasteiger partial charge in [-0.3, -0.25) is 4.79 Å². The van der Waals surface area contributed by atoms with E-state index < -0.39 is 5.41 Å². The standard InChI is InChI=1S/C30H48N4O4/c1-8-26(36)30(5)23-13-14-29(4)21(18(3)24-15-17(2)20(16-35)27(37)38-24)10-11-22(29)19(23)9-12-25(30)34(7)28(31)33-32-6/h18-19,21-25,35H,6,8-16H2,1-5,7H3,(H2,31,33)/t18-,19-,21+,22-,23-,24+,25?,29+,30+/m0/s1. The van der Waals surface area contributed by atoms with E-state index in [0.717, 1.165) is 44.1 Å². The lowest BCUT2D eigenvalue weighted by Gasteiger charge is -2.60. The van der Waals surface area contributed by atoms with E-state index in [1.165, 1.54) is 0 Å². The number of nitrogens with two attached hydrogens (primary N) is 1. The number of ketones is 1. The van der Waals surface area contributed by atoms with Crippen molar-refractivity contribution in [2.75, 3.05) is 13.7 Å². The van der Waals surface area contributed by atoms with Crippen LogP contribution >= 0.6 is 0 Å². The average molecular weight is 529 g/mol. The number of aliphatic hydroxyl groups is 1. The number of carbonyl (C=O) groups excluding carboxylic acids is 2. The highest BCUT2D eigenvalue weighted by atomic mass is 16.5. The van der Waals surface area contributed by atoms with Crippen LogP contribution in [0.1, 0.15) is 86.0 Å². The Morgan fingerprint density at radius 3 is 2.55 bits per heavy atom. The summed E-state index contributed by atoms with van der Waals surface area (Å²) in [4.78, 5) is 28.2. The Labute approximate surface area is 228 Å². The molecule has 0 spiro atoms. The zero-order chi connectivity index (χ0) is 28.0. The highest BCUT2D eigenvalue weighted by Crippen LogP contribution is 2.66. The van der Waals surface area contributed by atoms with Gasteiger partial charge in [0.1, 0.15) is 11.9 Å². The molecule has 0 saturated heterocycles. The number of cyclic esters (lactones) is 1. The number of aliphatic hydroxyl groups excluding tert-OH is 1. The first-order valence-electron chi connectivity index (χ1n) is 14.5. The third-order valence-electron chi connectivity index (χ3n) is 11.6. The van der Waals surface area contributed by atoms with E-state index in [4.69, 9.17) is 10.5 Å². The highest BCUT2D eigenvalue weighted by molar-refractivity contribution is 5.90. The molecule has 0 aromatic carbocycles. The number of guanidine groups is 1. The average Bonchev–Trinajstić information content (AvgIpc) is 3.24. The Hall–Kier alpha value is -2.22. The van der Waals surface area contributed by atoms with Gasteiger partial charge in [0.05, 0.1) is 12.2 Å². The molecule has 3 N–H and O–H groups in total. The van der Waals surface area contributed by atoms with Crippen molar-refractivity contribution in [3.8, 4) is 0 Å². The number of esters is 1. The summed E-state index contributed by atoms with van der Waals surface area (Å²) in [5.41, 5.74) is 7.26. The molecule has 0 amide bonds. The highest BCUT2D eigenvalue weighted by Gasteiger charge is 2.62. The Kier molecular flexibility index (Phi) is 8.14. The van der Waals surface area contributed by atoms with Crippen molar-refractivity contribution < 1.29 is 19.4 Å². The van der Waals surface area contributed by atoms with Crippen molar-refractivity contribution in [1.29, 1.82) is 0 Å². The van der Waals surface area contributed by atoms with Crippen molar-refractivity contribution in [1.82, 2.24) is 4.90 Å². The minimum absolute atomic E-state index is 0.0145. The number of ether oxygens (including phenoxy) is 1. The van der Waals surface area contributed by atoms with Gasteiger partial charge in [0.25, 0.3) is 0 Å². The van der Waals surface area contributed by atoms with Crippen molar-refractivity contribution in [2.45, 2.75) is 98.1 Å². The molecular weight excluding hydrogens is 480 g/mol. The van der Waals surface area contributed by atoms with Gasteiger partial charge < -0.3 is 20.5 Å². The molecule has 8 nitrogen and oxygen atoms in total. The molecule has 212 valence electrons. The number of carbonyl (C=O) groups is 2. The second kappa shape index (κ2) is 10.7. The van der Waals surface area contributed by atoms with Crippen LogP contribution in [0.4, 0.5) is 0 Å². The fraction of sp³-hybridized carbons (Fsp3) is 0.800. The summed E-state index contributed by atoms with van der Waals surface area (Å²) in [5.74, 6) is 2.31. The normalized spacial score (nSPS) is 40.2. The van der Waals surface area contributed by atoms with Gasteiger partial charge >= 0.3 is 5.97 Å². The third kappa shape index (κ3) is 4.40. The van der Waals surface area contributed by atoms with Crippen LogP contribution in [0, 0.1) is 40.4 Å². The van der Waals surface area contributed by atoms with E-state index in [1.54, 1.807) is 0 Å².